The minimum atomic E-state index is -0.0225. The van der Waals surface area contributed by atoms with E-state index < -0.39 is 0 Å². The average molecular weight is 308 g/mol. The van der Waals surface area contributed by atoms with Crippen molar-refractivity contribution in [3.05, 3.63) is 23.3 Å². The van der Waals surface area contributed by atoms with E-state index in [-0.39, 0.29) is 5.41 Å². The van der Waals surface area contributed by atoms with Gasteiger partial charge in [-0.2, -0.15) is 4.37 Å². The molecule has 0 saturated heterocycles. The normalized spacial score (nSPS) is 12.1. The fraction of sp³-hybridized carbons (Fsp3) is 0.667. The van der Waals surface area contributed by atoms with Gasteiger partial charge in [0.05, 0.1) is 12.2 Å². The Morgan fingerprint density at radius 1 is 1.29 bits per heavy atom. The van der Waals surface area contributed by atoms with E-state index >= 15 is 0 Å². The molecule has 0 saturated carbocycles. The molecule has 0 bridgehead atoms. The number of nitrogens with one attached hydrogen (secondary N) is 1. The van der Waals surface area contributed by atoms with Crippen LogP contribution in [0.4, 0.5) is 5.13 Å². The van der Waals surface area contributed by atoms with Crippen LogP contribution in [0, 0.1) is 0 Å². The zero-order valence-corrected chi connectivity index (χ0v) is 14.3. The molecule has 0 amide bonds. The zero-order chi connectivity index (χ0) is 15.5. The van der Waals surface area contributed by atoms with E-state index in [4.69, 9.17) is 4.52 Å². The Balaban J connectivity index is 1.96. The molecular formula is C15H24N4OS. The molecule has 0 radical (unpaired) electrons. The van der Waals surface area contributed by atoms with Crippen molar-refractivity contribution in [3.8, 4) is 0 Å². The van der Waals surface area contributed by atoms with Crippen LogP contribution in [0.25, 0.3) is 0 Å². The third kappa shape index (κ3) is 4.03. The van der Waals surface area contributed by atoms with Crippen molar-refractivity contribution in [2.45, 2.75) is 65.3 Å². The second kappa shape index (κ2) is 6.56. The van der Waals surface area contributed by atoms with Crippen LogP contribution in [0.1, 0.15) is 70.7 Å². The third-order valence-corrected chi connectivity index (χ3v) is 4.16. The van der Waals surface area contributed by atoms with Crippen molar-refractivity contribution in [2.24, 2.45) is 0 Å². The van der Waals surface area contributed by atoms with Gasteiger partial charge in [0, 0.05) is 28.9 Å². The highest BCUT2D eigenvalue weighted by Crippen LogP contribution is 2.25. The van der Waals surface area contributed by atoms with E-state index in [0.29, 0.717) is 12.5 Å². The summed E-state index contributed by atoms with van der Waals surface area (Å²) in [5.41, 5.74) is 1.02. The Labute approximate surface area is 130 Å². The lowest BCUT2D eigenvalue weighted by Gasteiger charge is -2.12. The molecule has 2 aromatic rings. The first kappa shape index (κ1) is 15.9. The summed E-state index contributed by atoms with van der Waals surface area (Å²) in [6.07, 6.45) is 2.17. The smallest absolute Gasteiger partial charge is 0.202 e. The molecule has 1 N–H and O–H groups in total. The van der Waals surface area contributed by atoms with E-state index in [1.165, 1.54) is 11.5 Å². The van der Waals surface area contributed by atoms with Gasteiger partial charge in [-0.05, 0) is 12.8 Å². The van der Waals surface area contributed by atoms with E-state index in [9.17, 15) is 0 Å². The quantitative estimate of drug-likeness (QED) is 0.860. The van der Waals surface area contributed by atoms with E-state index in [1.54, 1.807) is 0 Å². The van der Waals surface area contributed by atoms with Crippen molar-refractivity contribution in [1.82, 2.24) is 14.5 Å². The maximum absolute atomic E-state index is 5.39. The van der Waals surface area contributed by atoms with Crippen molar-refractivity contribution in [3.63, 3.8) is 0 Å². The summed E-state index contributed by atoms with van der Waals surface area (Å²) in [6, 6.07) is 2.04. The number of anilines is 1. The van der Waals surface area contributed by atoms with Crippen molar-refractivity contribution in [2.75, 3.05) is 5.32 Å². The van der Waals surface area contributed by atoms with E-state index in [1.807, 2.05) is 6.07 Å². The first-order valence-corrected chi connectivity index (χ1v) is 8.25. The summed E-state index contributed by atoms with van der Waals surface area (Å²) in [5, 5.41) is 8.24. The molecule has 0 aromatic carbocycles. The van der Waals surface area contributed by atoms with Gasteiger partial charge in [-0.25, -0.2) is 4.98 Å². The summed E-state index contributed by atoms with van der Waals surface area (Å²) in [4.78, 5) is 4.51. The van der Waals surface area contributed by atoms with Gasteiger partial charge in [0.1, 0.15) is 5.82 Å². The molecule has 2 aromatic heterocycles. The Morgan fingerprint density at radius 3 is 2.57 bits per heavy atom. The Bertz CT molecular complexity index is 566. The molecule has 0 atom stereocenters. The molecule has 5 nitrogen and oxygen atoms in total. The highest BCUT2D eigenvalue weighted by atomic mass is 32.1. The predicted octanol–water partition coefficient (Wildman–Crippen LogP) is 4.34. The standard InChI is InChI=1S/C15H24N4OS/c1-6-10(7-2)12-8-11(20-18-12)9-16-14-17-13(19-21-14)15(3,4)5/h8,10H,6-7,9H2,1-5H3,(H,16,17,19). The van der Waals surface area contributed by atoms with Crippen LogP contribution < -0.4 is 5.32 Å². The minimum absolute atomic E-state index is 0.0225. The first-order chi connectivity index (χ1) is 9.94. The van der Waals surface area contributed by atoms with Crippen LogP contribution in [0.5, 0.6) is 0 Å². The number of aromatic nitrogens is 3. The topological polar surface area (TPSA) is 63.8 Å². The van der Waals surface area contributed by atoms with Gasteiger partial charge in [0.25, 0.3) is 0 Å². The first-order valence-electron chi connectivity index (χ1n) is 7.47. The van der Waals surface area contributed by atoms with Gasteiger partial charge in [-0.15, -0.1) is 0 Å². The molecule has 0 aliphatic carbocycles. The fourth-order valence-electron chi connectivity index (χ4n) is 2.07. The van der Waals surface area contributed by atoms with Crippen LogP contribution in [-0.4, -0.2) is 14.5 Å². The van der Waals surface area contributed by atoms with Gasteiger partial charge in [0.15, 0.2) is 5.76 Å². The summed E-state index contributed by atoms with van der Waals surface area (Å²) in [6.45, 7) is 11.3. The lowest BCUT2D eigenvalue weighted by molar-refractivity contribution is 0.375. The lowest BCUT2D eigenvalue weighted by Crippen LogP contribution is -2.13. The number of nitrogens with zero attached hydrogens (tertiary/aromatic N) is 3. The van der Waals surface area contributed by atoms with Gasteiger partial charge in [-0.3, -0.25) is 0 Å². The molecule has 0 unspecified atom stereocenters. The van der Waals surface area contributed by atoms with Crippen LogP contribution in [0.3, 0.4) is 0 Å². The SMILES string of the molecule is CCC(CC)c1cc(CNc2nc(C(C)(C)C)ns2)on1. The van der Waals surface area contributed by atoms with Gasteiger partial charge >= 0.3 is 0 Å². The van der Waals surface area contributed by atoms with E-state index in [2.05, 4.69) is 54.4 Å². The highest BCUT2D eigenvalue weighted by Gasteiger charge is 2.19. The predicted molar refractivity (Wildman–Crippen MR) is 85.8 cm³/mol. The fourth-order valence-corrected chi connectivity index (χ4v) is 2.83. The minimum Gasteiger partial charge on any atom is -0.359 e. The van der Waals surface area contributed by atoms with Crippen molar-refractivity contribution < 1.29 is 4.52 Å². The molecule has 2 heterocycles. The Hall–Kier alpha value is -1.43. The van der Waals surface area contributed by atoms with Crippen molar-refractivity contribution in [1.29, 1.82) is 0 Å². The van der Waals surface area contributed by atoms with Crippen LogP contribution in [0.2, 0.25) is 0 Å². The van der Waals surface area contributed by atoms with Crippen LogP contribution in [0.15, 0.2) is 10.6 Å². The third-order valence-electron chi connectivity index (χ3n) is 3.49. The molecule has 0 fully saturated rings. The maximum Gasteiger partial charge on any atom is 0.202 e. The molecule has 2 rings (SSSR count). The van der Waals surface area contributed by atoms with Gasteiger partial charge in [0.2, 0.25) is 5.13 Å². The monoisotopic (exact) mass is 308 g/mol. The number of hydrogen-bond acceptors (Lipinski definition) is 6. The number of hydrogen-bond donors (Lipinski definition) is 1. The highest BCUT2D eigenvalue weighted by molar-refractivity contribution is 7.09. The summed E-state index contributed by atoms with van der Waals surface area (Å²) >= 11 is 1.38. The molecule has 0 aliphatic rings. The van der Waals surface area contributed by atoms with Crippen LogP contribution >= 0.6 is 11.5 Å². The zero-order valence-electron chi connectivity index (χ0n) is 13.4. The van der Waals surface area contributed by atoms with Gasteiger partial charge < -0.3 is 9.84 Å². The Kier molecular flexibility index (Phi) is 4.98. The number of rotatable bonds is 6. The summed E-state index contributed by atoms with van der Waals surface area (Å²) < 4.78 is 9.77. The van der Waals surface area contributed by atoms with Crippen molar-refractivity contribution >= 4 is 16.7 Å². The second-order valence-corrected chi connectivity index (χ2v) is 7.01. The van der Waals surface area contributed by atoms with E-state index in [0.717, 1.165) is 35.3 Å². The Morgan fingerprint density at radius 2 is 2.00 bits per heavy atom. The molecule has 0 aliphatic heterocycles. The van der Waals surface area contributed by atoms with Crippen LogP contribution in [-0.2, 0) is 12.0 Å². The molecule has 21 heavy (non-hydrogen) atoms. The lowest BCUT2D eigenvalue weighted by atomic mass is 9.96. The molecule has 6 heteroatoms. The molecular weight excluding hydrogens is 284 g/mol. The second-order valence-electron chi connectivity index (χ2n) is 6.26. The largest absolute Gasteiger partial charge is 0.359 e. The average Bonchev–Trinajstić information content (AvgIpc) is 3.06. The summed E-state index contributed by atoms with van der Waals surface area (Å²) in [7, 11) is 0. The molecule has 116 valence electrons. The summed E-state index contributed by atoms with van der Waals surface area (Å²) in [5.74, 6) is 2.19. The maximum atomic E-state index is 5.39. The van der Waals surface area contributed by atoms with Gasteiger partial charge in [-0.1, -0.05) is 39.8 Å². The molecule has 0 spiro atoms.